The Morgan fingerprint density at radius 1 is 1.21 bits per heavy atom. The molecule has 3 heteroatoms. The zero-order valence-electron chi connectivity index (χ0n) is 11.4. The third kappa shape index (κ3) is 3.64. The lowest BCUT2D eigenvalue weighted by Crippen LogP contribution is -2.24. The number of nitrogens with zero attached hydrogens (tertiary/aromatic N) is 1. The van der Waals surface area contributed by atoms with Gasteiger partial charge < -0.3 is 5.32 Å². The van der Waals surface area contributed by atoms with Gasteiger partial charge in [-0.2, -0.15) is 0 Å². The Morgan fingerprint density at radius 3 is 2.74 bits per heavy atom. The first-order chi connectivity index (χ1) is 9.22. The van der Waals surface area contributed by atoms with Gasteiger partial charge in [-0.1, -0.05) is 41.1 Å². The van der Waals surface area contributed by atoms with Gasteiger partial charge in [0.25, 0.3) is 0 Å². The van der Waals surface area contributed by atoms with E-state index in [4.69, 9.17) is 0 Å². The molecule has 0 bridgehead atoms. The minimum absolute atomic E-state index is 0.303. The van der Waals surface area contributed by atoms with Gasteiger partial charge in [0, 0.05) is 28.8 Å². The van der Waals surface area contributed by atoms with Crippen LogP contribution in [0.15, 0.2) is 47.1 Å². The average Bonchev–Trinajstić information content (AvgIpc) is 2.43. The Bertz CT molecular complexity index is 526. The molecule has 1 heterocycles. The largest absolute Gasteiger partial charge is 0.310 e. The van der Waals surface area contributed by atoms with Gasteiger partial charge in [-0.25, -0.2) is 0 Å². The fourth-order valence-corrected chi connectivity index (χ4v) is 2.65. The highest BCUT2D eigenvalue weighted by molar-refractivity contribution is 9.10. The molecule has 1 unspecified atom stereocenters. The van der Waals surface area contributed by atoms with Crippen molar-refractivity contribution in [3.8, 4) is 0 Å². The van der Waals surface area contributed by atoms with Crippen molar-refractivity contribution in [1.82, 2.24) is 10.3 Å². The smallest absolute Gasteiger partial charge is 0.0422 e. The first-order valence-corrected chi connectivity index (χ1v) is 7.40. The van der Waals surface area contributed by atoms with Gasteiger partial charge in [0.05, 0.1) is 0 Å². The topological polar surface area (TPSA) is 24.9 Å². The highest BCUT2D eigenvalue weighted by atomic mass is 79.9. The summed E-state index contributed by atoms with van der Waals surface area (Å²) in [6, 6.07) is 12.7. The predicted molar refractivity (Wildman–Crippen MR) is 83.2 cm³/mol. The Morgan fingerprint density at radius 2 is 2.05 bits per heavy atom. The summed E-state index contributed by atoms with van der Waals surface area (Å²) in [4.78, 5) is 4.43. The summed E-state index contributed by atoms with van der Waals surface area (Å²) in [6.45, 7) is 5.24. The van der Waals surface area contributed by atoms with E-state index in [1.807, 2.05) is 18.3 Å². The summed E-state index contributed by atoms with van der Waals surface area (Å²) in [7, 11) is 0. The Balaban J connectivity index is 2.27. The zero-order chi connectivity index (χ0) is 13.7. The monoisotopic (exact) mass is 318 g/mol. The number of rotatable bonds is 5. The van der Waals surface area contributed by atoms with E-state index in [1.165, 1.54) is 11.1 Å². The van der Waals surface area contributed by atoms with Crippen LogP contribution in [0.2, 0.25) is 0 Å². The molecule has 100 valence electrons. The number of aromatic nitrogens is 1. The second-order valence-electron chi connectivity index (χ2n) is 4.59. The molecule has 0 saturated heterocycles. The van der Waals surface area contributed by atoms with Crippen LogP contribution in [0, 0.1) is 6.92 Å². The number of nitrogens with one attached hydrogen (secondary N) is 1. The van der Waals surface area contributed by atoms with Crippen LogP contribution in [-0.4, -0.2) is 11.5 Å². The molecule has 0 fully saturated rings. The molecule has 2 nitrogen and oxygen atoms in total. The van der Waals surface area contributed by atoms with E-state index in [9.17, 15) is 0 Å². The average molecular weight is 319 g/mol. The van der Waals surface area contributed by atoms with E-state index in [-0.39, 0.29) is 0 Å². The summed E-state index contributed by atoms with van der Waals surface area (Å²) in [5, 5.41) is 3.55. The van der Waals surface area contributed by atoms with E-state index in [1.54, 1.807) is 0 Å². The molecule has 1 N–H and O–H groups in total. The highest BCUT2D eigenvalue weighted by Crippen LogP contribution is 2.26. The summed E-state index contributed by atoms with van der Waals surface area (Å²) in [5.74, 6) is 0. The fraction of sp³-hybridized carbons (Fsp3) is 0.312. The molecule has 1 aromatic carbocycles. The van der Waals surface area contributed by atoms with Gasteiger partial charge in [-0.3, -0.25) is 4.98 Å². The quantitative estimate of drug-likeness (QED) is 0.899. The maximum Gasteiger partial charge on any atom is 0.0422 e. The van der Waals surface area contributed by atoms with Crippen molar-refractivity contribution in [1.29, 1.82) is 0 Å². The molecule has 0 aliphatic rings. The molecule has 0 aliphatic heterocycles. The van der Waals surface area contributed by atoms with Gasteiger partial charge in [0.2, 0.25) is 0 Å². The van der Waals surface area contributed by atoms with E-state index < -0.39 is 0 Å². The summed E-state index contributed by atoms with van der Waals surface area (Å²) < 4.78 is 1.16. The molecule has 19 heavy (non-hydrogen) atoms. The SMILES string of the molecule is CCNC(Cc1ccccn1)c1cccc(Br)c1C. The van der Waals surface area contributed by atoms with Crippen LogP contribution in [0.1, 0.15) is 29.8 Å². The van der Waals surface area contributed by atoms with Gasteiger partial charge in [0.1, 0.15) is 0 Å². The predicted octanol–water partition coefficient (Wildman–Crippen LogP) is 4.05. The van der Waals surface area contributed by atoms with Crippen LogP contribution >= 0.6 is 15.9 Å². The molecular formula is C16H19BrN2. The van der Waals surface area contributed by atoms with E-state index in [0.29, 0.717) is 6.04 Å². The van der Waals surface area contributed by atoms with Crippen LogP contribution in [0.5, 0.6) is 0 Å². The molecule has 0 amide bonds. The molecule has 0 aliphatic carbocycles. The normalized spacial score (nSPS) is 12.4. The Hall–Kier alpha value is -1.19. The van der Waals surface area contributed by atoms with Crippen molar-refractivity contribution in [2.75, 3.05) is 6.54 Å². The minimum atomic E-state index is 0.303. The summed E-state index contributed by atoms with van der Waals surface area (Å²) in [6.07, 6.45) is 2.76. The van der Waals surface area contributed by atoms with Crippen molar-refractivity contribution in [3.63, 3.8) is 0 Å². The summed E-state index contributed by atoms with van der Waals surface area (Å²) >= 11 is 3.61. The number of benzene rings is 1. The molecular weight excluding hydrogens is 300 g/mol. The van der Waals surface area contributed by atoms with E-state index >= 15 is 0 Å². The first kappa shape index (κ1) is 14.2. The minimum Gasteiger partial charge on any atom is -0.310 e. The second kappa shape index (κ2) is 6.83. The van der Waals surface area contributed by atoms with E-state index in [2.05, 4.69) is 64.3 Å². The highest BCUT2D eigenvalue weighted by Gasteiger charge is 2.15. The van der Waals surface area contributed by atoms with Crippen LogP contribution in [-0.2, 0) is 6.42 Å². The molecule has 2 aromatic rings. The van der Waals surface area contributed by atoms with E-state index in [0.717, 1.165) is 23.1 Å². The zero-order valence-corrected chi connectivity index (χ0v) is 12.9. The number of hydrogen-bond donors (Lipinski definition) is 1. The molecule has 1 atom stereocenters. The lowest BCUT2D eigenvalue weighted by atomic mass is 9.97. The lowest BCUT2D eigenvalue weighted by molar-refractivity contribution is 0.541. The molecule has 0 saturated carbocycles. The van der Waals surface area contributed by atoms with Gasteiger partial charge in [-0.15, -0.1) is 0 Å². The van der Waals surface area contributed by atoms with Crippen molar-refractivity contribution in [2.24, 2.45) is 0 Å². The Kier molecular flexibility index (Phi) is 5.11. The number of hydrogen-bond acceptors (Lipinski definition) is 2. The first-order valence-electron chi connectivity index (χ1n) is 6.60. The molecule has 1 aromatic heterocycles. The van der Waals surface area contributed by atoms with Gasteiger partial charge in [-0.05, 0) is 42.8 Å². The van der Waals surface area contributed by atoms with Crippen LogP contribution < -0.4 is 5.32 Å². The van der Waals surface area contributed by atoms with Crippen molar-refractivity contribution in [3.05, 3.63) is 63.9 Å². The molecule has 2 rings (SSSR count). The van der Waals surface area contributed by atoms with Gasteiger partial charge in [0.15, 0.2) is 0 Å². The van der Waals surface area contributed by atoms with Crippen LogP contribution in [0.25, 0.3) is 0 Å². The third-order valence-electron chi connectivity index (χ3n) is 3.27. The van der Waals surface area contributed by atoms with Gasteiger partial charge >= 0.3 is 0 Å². The maximum absolute atomic E-state index is 4.43. The second-order valence-corrected chi connectivity index (χ2v) is 5.44. The third-order valence-corrected chi connectivity index (χ3v) is 4.13. The molecule has 0 spiro atoms. The number of likely N-dealkylation sites (N-methyl/N-ethyl adjacent to an activating group) is 1. The van der Waals surface area contributed by atoms with Crippen molar-refractivity contribution >= 4 is 15.9 Å². The summed E-state index contributed by atoms with van der Waals surface area (Å²) in [5.41, 5.74) is 3.75. The number of halogens is 1. The van der Waals surface area contributed by atoms with Crippen LogP contribution in [0.3, 0.4) is 0 Å². The standard InChI is InChI=1S/C16H19BrN2/c1-3-18-16(11-13-7-4-5-10-19-13)14-8-6-9-15(17)12(14)2/h4-10,16,18H,3,11H2,1-2H3. The lowest BCUT2D eigenvalue weighted by Gasteiger charge is -2.20. The maximum atomic E-state index is 4.43. The fourth-order valence-electron chi connectivity index (χ4n) is 2.27. The molecule has 0 radical (unpaired) electrons. The van der Waals surface area contributed by atoms with Crippen molar-refractivity contribution in [2.45, 2.75) is 26.3 Å². The van der Waals surface area contributed by atoms with Crippen molar-refractivity contribution < 1.29 is 0 Å². The number of pyridine rings is 1. The Labute approximate surface area is 123 Å². The van der Waals surface area contributed by atoms with Crippen LogP contribution in [0.4, 0.5) is 0 Å².